The zero-order chi connectivity index (χ0) is 18.0. The average Bonchev–Trinajstić information content (AvgIpc) is 2.57. The lowest BCUT2D eigenvalue weighted by molar-refractivity contribution is 0.351. The normalized spacial score (nSPS) is 44.5. The molecule has 0 fully saturated rings. The van der Waals surface area contributed by atoms with Gasteiger partial charge in [-0.3, -0.25) is 0 Å². The van der Waals surface area contributed by atoms with Crippen molar-refractivity contribution in [2.75, 3.05) is 0 Å². The summed E-state index contributed by atoms with van der Waals surface area (Å²) in [5.41, 5.74) is 11.1. The maximum atomic E-state index is 2.55. The van der Waals surface area contributed by atoms with Crippen LogP contribution in [0.5, 0.6) is 0 Å². The van der Waals surface area contributed by atoms with Crippen LogP contribution in [-0.2, 0) is 0 Å². The number of hydrogen-bond donors (Lipinski definition) is 0. The van der Waals surface area contributed by atoms with Crippen molar-refractivity contribution in [3.8, 4) is 0 Å². The summed E-state index contributed by atoms with van der Waals surface area (Å²) < 4.78 is 0. The molecule has 0 N–H and O–H groups in total. The smallest absolute Gasteiger partial charge is 0.000674 e. The van der Waals surface area contributed by atoms with Gasteiger partial charge in [-0.05, 0) is 73.5 Å². The van der Waals surface area contributed by atoms with Gasteiger partial charge in [-0.1, -0.05) is 81.9 Å². The summed E-state index contributed by atoms with van der Waals surface area (Å²) in [6, 6.07) is 0. The molecule has 25 heavy (non-hydrogen) atoms. The first kappa shape index (κ1) is 17.6. The van der Waals surface area contributed by atoms with Gasteiger partial charge in [0.25, 0.3) is 0 Å². The first-order chi connectivity index (χ1) is 11.8. The highest BCUT2D eigenvalue weighted by atomic mass is 14.5. The van der Waals surface area contributed by atoms with Crippen LogP contribution in [0.15, 0.2) is 33.4 Å². The third-order valence-corrected chi connectivity index (χ3v) is 8.53. The molecule has 0 aromatic carbocycles. The van der Waals surface area contributed by atoms with Gasteiger partial charge in [0.1, 0.15) is 0 Å². The third-order valence-electron chi connectivity index (χ3n) is 8.53. The van der Waals surface area contributed by atoms with Crippen LogP contribution in [0, 0.1) is 41.4 Å². The van der Waals surface area contributed by atoms with Gasteiger partial charge >= 0.3 is 0 Å². The fourth-order valence-electron chi connectivity index (χ4n) is 7.56. The molecule has 0 spiro atoms. The van der Waals surface area contributed by atoms with Crippen LogP contribution in [0.3, 0.4) is 0 Å². The molecule has 4 rings (SSSR count). The highest BCUT2D eigenvalue weighted by Crippen LogP contribution is 2.58. The van der Waals surface area contributed by atoms with E-state index >= 15 is 0 Å². The SMILES string of the molecule is CC1CCCC2=C1C(C)C1=C(C2C)C(C)C2=C(C(C)CCC2C)C1C. The van der Waals surface area contributed by atoms with Crippen LogP contribution >= 0.6 is 0 Å². The first-order valence-corrected chi connectivity index (χ1v) is 11.0. The zero-order valence-corrected chi connectivity index (χ0v) is 17.6. The Morgan fingerprint density at radius 2 is 0.920 bits per heavy atom. The molecule has 0 heteroatoms. The Balaban J connectivity index is 1.85. The Kier molecular flexibility index (Phi) is 4.33. The summed E-state index contributed by atoms with van der Waals surface area (Å²) >= 11 is 0. The molecule has 4 aliphatic rings. The highest BCUT2D eigenvalue weighted by Gasteiger charge is 2.45. The maximum Gasteiger partial charge on any atom is -0.000674 e. The molecule has 138 valence electrons. The number of rotatable bonds is 0. The Labute approximate surface area is 155 Å². The van der Waals surface area contributed by atoms with E-state index in [0.717, 1.165) is 17.8 Å². The Hall–Kier alpha value is -0.780. The van der Waals surface area contributed by atoms with Crippen molar-refractivity contribution in [3.63, 3.8) is 0 Å². The largest absolute Gasteiger partial charge is 0.0632 e. The summed E-state index contributed by atoms with van der Waals surface area (Å²) in [5, 5.41) is 0. The van der Waals surface area contributed by atoms with Crippen molar-refractivity contribution >= 4 is 0 Å². The molecular weight excluding hydrogens is 300 g/mol. The summed E-state index contributed by atoms with van der Waals surface area (Å²) in [4.78, 5) is 0. The monoisotopic (exact) mass is 338 g/mol. The molecule has 0 saturated heterocycles. The third kappa shape index (κ3) is 2.38. The standard InChI is InChI=1S/C25H38/c1-13-9-8-10-20-16(4)24-18(6)22-14(2)11-12-15(3)23(22)19(7)25(24)17(5)21(13)20/h13-19H,8-12H2,1-7H3. The molecule has 0 radical (unpaired) electrons. The van der Waals surface area contributed by atoms with Crippen LogP contribution in [-0.4, -0.2) is 0 Å². The minimum atomic E-state index is 0.680. The van der Waals surface area contributed by atoms with Gasteiger partial charge in [0.15, 0.2) is 0 Å². The van der Waals surface area contributed by atoms with E-state index in [2.05, 4.69) is 48.5 Å². The summed E-state index contributed by atoms with van der Waals surface area (Å²) in [6.07, 6.45) is 6.97. The van der Waals surface area contributed by atoms with Crippen molar-refractivity contribution in [2.45, 2.75) is 80.6 Å². The molecule has 7 unspecified atom stereocenters. The molecule has 0 saturated carbocycles. The lowest BCUT2D eigenvalue weighted by atomic mass is 9.54. The fourth-order valence-corrected chi connectivity index (χ4v) is 7.56. The molecule has 4 aliphatic carbocycles. The summed E-state index contributed by atoms with van der Waals surface area (Å²) in [7, 11) is 0. The van der Waals surface area contributed by atoms with Gasteiger partial charge in [0, 0.05) is 0 Å². The van der Waals surface area contributed by atoms with Gasteiger partial charge in [-0.15, -0.1) is 0 Å². The summed E-state index contributed by atoms with van der Waals surface area (Å²) in [5.74, 6) is 5.13. The predicted molar refractivity (Wildman–Crippen MR) is 108 cm³/mol. The van der Waals surface area contributed by atoms with E-state index in [4.69, 9.17) is 0 Å². The van der Waals surface area contributed by atoms with Crippen molar-refractivity contribution in [3.05, 3.63) is 33.4 Å². The predicted octanol–water partition coefficient (Wildman–Crippen LogP) is 7.33. The van der Waals surface area contributed by atoms with Crippen molar-refractivity contribution in [1.29, 1.82) is 0 Å². The van der Waals surface area contributed by atoms with E-state index in [1.165, 1.54) is 32.1 Å². The van der Waals surface area contributed by atoms with Crippen LogP contribution in [0.2, 0.25) is 0 Å². The molecule has 0 aliphatic heterocycles. The van der Waals surface area contributed by atoms with Crippen LogP contribution in [0.4, 0.5) is 0 Å². The minimum absolute atomic E-state index is 0.680. The average molecular weight is 339 g/mol. The topological polar surface area (TPSA) is 0 Å². The van der Waals surface area contributed by atoms with Crippen LogP contribution in [0.1, 0.15) is 80.6 Å². The van der Waals surface area contributed by atoms with E-state index in [0.29, 0.717) is 23.7 Å². The van der Waals surface area contributed by atoms with Crippen LogP contribution in [0.25, 0.3) is 0 Å². The van der Waals surface area contributed by atoms with E-state index in [9.17, 15) is 0 Å². The number of allylic oxidation sites excluding steroid dienone is 6. The molecular formula is C25H38. The van der Waals surface area contributed by atoms with E-state index in [1.54, 1.807) is 0 Å². The second-order valence-corrected chi connectivity index (χ2v) is 9.86. The van der Waals surface area contributed by atoms with Gasteiger partial charge < -0.3 is 0 Å². The van der Waals surface area contributed by atoms with Gasteiger partial charge in [0.05, 0.1) is 0 Å². The molecule has 0 bridgehead atoms. The zero-order valence-electron chi connectivity index (χ0n) is 17.6. The lowest BCUT2D eigenvalue weighted by Crippen LogP contribution is -2.38. The number of hydrogen-bond acceptors (Lipinski definition) is 0. The van der Waals surface area contributed by atoms with E-state index in [1.807, 2.05) is 33.4 Å². The Morgan fingerprint density at radius 3 is 1.48 bits per heavy atom. The Bertz CT molecular complexity index is 670. The van der Waals surface area contributed by atoms with Crippen molar-refractivity contribution < 1.29 is 0 Å². The quantitative estimate of drug-likeness (QED) is 0.405. The second kappa shape index (κ2) is 6.14. The van der Waals surface area contributed by atoms with Crippen LogP contribution < -0.4 is 0 Å². The fraction of sp³-hybridized carbons (Fsp3) is 0.760. The van der Waals surface area contributed by atoms with Gasteiger partial charge in [-0.25, -0.2) is 0 Å². The molecule has 7 atom stereocenters. The molecule has 0 aromatic rings. The van der Waals surface area contributed by atoms with E-state index in [-0.39, 0.29) is 0 Å². The molecule has 0 amide bonds. The molecule has 0 nitrogen and oxygen atoms in total. The van der Waals surface area contributed by atoms with E-state index < -0.39 is 0 Å². The second-order valence-electron chi connectivity index (χ2n) is 9.86. The van der Waals surface area contributed by atoms with Gasteiger partial charge in [0.2, 0.25) is 0 Å². The lowest BCUT2D eigenvalue weighted by Gasteiger charge is -2.50. The first-order valence-electron chi connectivity index (χ1n) is 11.0. The van der Waals surface area contributed by atoms with Crippen molar-refractivity contribution in [1.82, 2.24) is 0 Å². The minimum Gasteiger partial charge on any atom is -0.0632 e. The maximum absolute atomic E-state index is 2.55. The summed E-state index contributed by atoms with van der Waals surface area (Å²) in [6.45, 7) is 17.7. The molecule has 0 heterocycles. The molecule has 0 aromatic heterocycles. The Morgan fingerprint density at radius 1 is 0.480 bits per heavy atom. The highest BCUT2D eigenvalue weighted by molar-refractivity contribution is 5.52. The van der Waals surface area contributed by atoms with Crippen molar-refractivity contribution in [2.24, 2.45) is 41.4 Å². The van der Waals surface area contributed by atoms with Gasteiger partial charge in [-0.2, -0.15) is 0 Å².